The standard InChI is InChI=1S/C37H42N4O10S2/c1-23(2)17-41(53(44,45)28-11-12-33-34(16-28)50-22-49-33)18-32(42)30(38-37(43)51-35-20-48-36-29(35)13-14-46-36)15-24-5-9-27(10-6-24)47-19-25-3-7-26(8-4-25)31-21-52-40-39-31/h3-12,16,21,23,29-30,32,35-36,42H,13-15,17-20,22H2,1-2H3,(H,38,43)/t29-,30-,32+,35-,36+/m0/s1. The number of rotatable bonds is 15. The van der Waals surface area contributed by atoms with Crippen molar-refractivity contribution in [1.29, 1.82) is 0 Å². The smallest absolute Gasteiger partial charge is 0.407 e. The minimum atomic E-state index is -4.08. The second kappa shape index (κ2) is 16.4. The van der Waals surface area contributed by atoms with Crippen LogP contribution < -0.4 is 19.5 Å². The quantitative estimate of drug-likeness (QED) is 0.173. The summed E-state index contributed by atoms with van der Waals surface area (Å²) >= 11 is 1.30. The van der Waals surface area contributed by atoms with Gasteiger partial charge in [0.05, 0.1) is 36.2 Å². The molecule has 0 radical (unpaired) electrons. The predicted octanol–water partition coefficient (Wildman–Crippen LogP) is 4.62. The number of hydrogen-bond acceptors (Lipinski definition) is 13. The van der Waals surface area contributed by atoms with Crippen LogP contribution in [0, 0.1) is 11.8 Å². The van der Waals surface area contributed by atoms with Crippen LogP contribution in [0.15, 0.2) is 77.0 Å². The number of ether oxygens (including phenoxy) is 6. The van der Waals surface area contributed by atoms with Gasteiger partial charge in [0.2, 0.25) is 16.8 Å². The maximum atomic E-state index is 14.0. The molecule has 4 aromatic rings. The third-order valence-corrected chi connectivity index (χ3v) is 11.7. The molecule has 14 nitrogen and oxygen atoms in total. The van der Waals surface area contributed by atoms with Crippen LogP contribution in [0.5, 0.6) is 17.2 Å². The SMILES string of the molecule is CC(C)CN(C[C@@H](O)[C@H](Cc1ccc(OCc2ccc(-c3csnn3)cc2)cc1)NC(=O)O[C@H]1CO[C@H]2OCC[C@H]21)S(=O)(=O)c1ccc2c(c1)OCO2. The molecule has 0 unspecified atom stereocenters. The van der Waals surface area contributed by atoms with E-state index in [9.17, 15) is 18.3 Å². The lowest BCUT2D eigenvalue weighted by molar-refractivity contribution is -0.0907. The van der Waals surface area contributed by atoms with Crippen molar-refractivity contribution in [3.05, 3.63) is 83.2 Å². The molecule has 3 aliphatic rings. The van der Waals surface area contributed by atoms with Gasteiger partial charge in [-0.05, 0) is 65.7 Å². The number of fused-ring (bicyclic) bond motifs is 2. The molecule has 0 saturated carbocycles. The van der Waals surface area contributed by atoms with Gasteiger partial charge in [-0.1, -0.05) is 54.7 Å². The monoisotopic (exact) mass is 766 g/mol. The van der Waals surface area contributed by atoms with E-state index in [1.54, 1.807) is 6.07 Å². The number of carbonyl (C=O) groups excluding carboxylic acids is 1. The van der Waals surface area contributed by atoms with E-state index in [2.05, 4.69) is 14.9 Å². The van der Waals surface area contributed by atoms with Crippen LogP contribution in [0.2, 0.25) is 0 Å². The number of hydrogen-bond donors (Lipinski definition) is 2. The van der Waals surface area contributed by atoms with Gasteiger partial charge in [-0.25, -0.2) is 13.2 Å². The molecule has 2 N–H and O–H groups in total. The number of sulfonamides is 1. The van der Waals surface area contributed by atoms with Crippen LogP contribution in [0.3, 0.4) is 0 Å². The highest BCUT2D eigenvalue weighted by molar-refractivity contribution is 7.89. The zero-order chi connectivity index (χ0) is 37.0. The molecule has 2 saturated heterocycles. The van der Waals surface area contributed by atoms with Gasteiger partial charge in [-0.15, -0.1) is 5.10 Å². The number of carbonyl (C=O) groups is 1. The molecule has 282 valence electrons. The van der Waals surface area contributed by atoms with E-state index in [4.69, 9.17) is 28.4 Å². The van der Waals surface area contributed by atoms with Gasteiger partial charge in [0.25, 0.3) is 0 Å². The first-order valence-corrected chi connectivity index (χ1v) is 19.8. The van der Waals surface area contributed by atoms with E-state index in [0.29, 0.717) is 36.9 Å². The Bertz CT molecular complexity index is 1950. The number of benzene rings is 3. The molecule has 2 fully saturated rings. The van der Waals surface area contributed by atoms with Crippen LogP contribution in [-0.2, 0) is 37.3 Å². The minimum absolute atomic E-state index is 0.00560. The third-order valence-electron chi connectivity index (χ3n) is 9.35. The van der Waals surface area contributed by atoms with Crippen molar-refractivity contribution >= 4 is 27.6 Å². The van der Waals surface area contributed by atoms with Crippen molar-refractivity contribution in [2.45, 2.75) is 62.7 Å². The fourth-order valence-corrected chi connectivity index (χ4v) is 8.66. The van der Waals surface area contributed by atoms with Crippen molar-refractivity contribution in [1.82, 2.24) is 19.2 Å². The molecule has 16 heteroatoms. The lowest BCUT2D eigenvalue weighted by atomic mass is 10.0. The minimum Gasteiger partial charge on any atom is -0.489 e. The average Bonchev–Trinajstić information content (AvgIpc) is 3.98. The number of nitrogens with zero attached hydrogens (tertiary/aromatic N) is 3. The molecule has 4 heterocycles. The van der Waals surface area contributed by atoms with E-state index >= 15 is 0 Å². The second-order valence-electron chi connectivity index (χ2n) is 13.6. The average molecular weight is 767 g/mol. The molecule has 53 heavy (non-hydrogen) atoms. The van der Waals surface area contributed by atoms with Gasteiger partial charge in [0, 0.05) is 30.1 Å². The Kier molecular flexibility index (Phi) is 11.4. The molecule has 3 aliphatic heterocycles. The van der Waals surface area contributed by atoms with E-state index < -0.39 is 40.7 Å². The molecule has 1 aromatic heterocycles. The molecule has 0 aliphatic carbocycles. The van der Waals surface area contributed by atoms with E-state index in [0.717, 1.165) is 22.4 Å². The van der Waals surface area contributed by atoms with Crippen LogP contribution in [-0.4, -0.2) is 91.1 Å². The topological polar surface area (TPSA) is 168 Å². The number of aliphatic hydroxyl groups excluding tert-OH is 1. The lowest BCUT2D eigenvalue weighted by Gasteiger charge is -2.31. The van der Waals surface area contributed by atoms with Crippen molar-refractivity contribution in [2.75, 3.05) is 33.1 Å². The summed E-state index contributed by atoms with van der Waals surface area (Å²) in [6.45, 7) is 4.72. The number of amides is 1. The molecule has 0 bridgehead atoms. The third kappa shape index (κ3) is 8.91. The highest BCUT2D eigenvalue weighted by Gasteiger charge is 2.44. The molecule has 7 rings (SSSR count). The Balaban J connectivity index is 1.05. The van der Waals surface area contributed by atoms with E-state index in [1.807, 2.05) is 67.8 Å². The largest absolute Gasteiger partial charge is 0.489 e. The van der Waals surface area contributed by atoms with Gasteiger partial charge in [0.1, 0.15) is 24.2 Å². The number of aliphatic hydroxyl groups is 1. The van der Waals surface area contributed by atoms with Crippen molar-refractivity contribution in [3.8, 4) is 28.5 Å². The normalized spacial score (nSPS) is 20.4. The van der Waals surface area contributed by atoms with E-state index in [-0.39, 0.29) is 49.6 Å². The maximum Gasteiger partial charge on any atom is 0.407 e. The van der Waals surface area contributed by atoms with Crippen LogP contribution >= 0.6 is 11.5 Å². The van der Waals surface area contributed by atoms with Gasteiger partial charge >= 0.3 is 6.09 Å². The van der Waals surface area contributed by atoms with Crippen molar-refractivity contribution < 1.29 is 46.7 Å². The Morgan fingerprint density at radius 1 is 1.02 bits per heavy atom. The van der Waals surface area contributed by atoms with Crippen molar-refractivity contribution in [2.24, 2.45) is 11.8 Å². The molecule has 0 spiro atoms. The van der Waals surface area contributed by atoms with Crippen molar-refractivity contribution in [3.63, 3.8) is 0 Å². The molecule has 3 aromatic carbocycles. The Morgan fingerprint density at radius 3 is 2.55 bits per heavy atom. The molecule has 1 amide bonds. The van der Waals surface area contributed by atoms with Crippen LogP contribution in [0.1, 0.15) is 31.4 Å². The van der Waals surface area contributed by atoms with Gasteiger partial charge in [0.15, 0.2) is 17.8 Å². The number of alkyl carbamates (subject to hydrolysis) is 1. The highest BCUT2D eigenvalue weighted by Crippen LogP contribution is 2.35. The Morgan fingerprint density at radius 2 is 1.79 bits per heavy atom. The summed E-state index contributed by atoms with van der Waals surface area (Å²) in [6, 6.07) is 18.8. The number of aromatic nitrogens is 2. The summed E-state index contributed by atoms with van der Waals surface area (Å²) in [4.78, 5) is 13.3. The first-order valence-electron chi connectivity index (χ1n) is 17.5. The fraction of sp³-hybridized carbons (Fsp3) is 0.432. The molecular formula is C37H42N4O10S2. The first-order chi connectivity index (χ1) is 25.6. The van der Waals surface area contributed by atoms with Gasteiger partial charge in [-0.2, -0.15) is 4.31 Å². The fourth-order valence-electron chi connectivity index (χ4n) is 6.56. The summed E-state index contributed by atoms with van der Waals surface area (Å²) in [5.41, 5.74) is 3.57. The predicted molar refractivity (Wildman–Crippen MR) is 193 cm³/mol. The maximum absolute atomic E-state index is 14.0. The summed E-state index contributed by atoms with van der Waals surface area (Å²) in [5, 5.41) is 20.5. The van der Waals surface area contributed by atoms with Gasteiger partial charge in [-0.3, -0.25) is 0 Å². The van der Waals surface area contributed by atoms with E-state index in [1.165, 1.54) is 28.0 Å². The highest BCUT2D eigenvalue weighted by atomic mass is 32.2. The Labute approximate surface area is 312 Å². The molecule has 5 atom stereocenters. The van der Waals surface area contributed by atoms with Crippen LogP contribution in [0.25, 0.3) is 11.3 Å². The lowest BCUT2D eigenvalue weighted by Crippen LogP contribution is -2.51. The molecular weight excluding hydrogens is 725 g/mol. The summed E-state index contributed by atoms with van der Waals surface area (Å²) in [5.74, 6) is 1.30. The number of nitrogens with one attached hydrogen (secondary N) is 1. The summed E-state index contributed by atoms with van der Waals surface area (Å²) in [7, 11) is -4.08. The summed E-state index contributed by atoms with van der Waals surface area (Å²) < 4.78 is 66.9. The summed E-state index contributed by atoms with van der Waals surface area (Å²) in [6.07, 6.45) is -2.06. The second-order valence-corrected chi connectivity index (χ2v) is 16.2. The zero-order valence-corrected chi connectivity index (χ0v) is 31.0. The zero-order valence-electron chi connectivity index (χ0n) is 29.3. The first kappa shape index (κ1) is 37.0. The van der Waals surface area contributed by atoms with Gasteiger partial charge < -0.3 is 38.8 Å². The Hall–Kier alpha value is -4.32. The van der Waals surface area contributed by atoms with Crippen LogP contribution in [0.4, 0.5) is 4.79 Å².